The molecule has 1 N–H and O–H groups in total. The van der Waals surface area contributed by atoms with Crippen LogP contribution in [0.4, 0.5) is 0 Å². The van der Waals surface area contributed by atoms with Gasteiger partial charge in [0.2, 0.25) is 5.75 Å². The predicted octanol–water partition coefficient (Wildman–Crippen LogP) is 7.04. The van der Waals surface area contributed by atoms with Crippen LogP contribution in [0.25, 0.3) is 0 Å². The summed E-state index contributed by atoms with van der Waals surface area (Å²) in [6.45, 7) is 14.6. The van der Waals surface area contributed by atoms with Crippen molar-refractivity contribution in [3.63, 3.8) is 0 Å². The molecule has 0 saturated heterocycles. The maximum atomic E-state index is 14.1. The van der Waals surface area contributed by atoms with Gasteiger partial charge < -0.3 is 19.2 Å². The van der Waals surface area contributed by atoms with Gasteiger partial charge in [0.05, 0.1) is 13.2 Å². The molecule has 220 valence electrons. The third kappa shape index (κ3) is 7.05. The van der Waals surface area contributed by atoms with Crippen LogP contribution in [0.2, 0.25) is 18.1 Å². The second-order valence-corrected chi connectivity index (χ2v) is 18.0. The first-order valence-corrected chi connectivity index (χ1v) is 18.1. The first-order chi connectivity index (χ1) is 19.0. The third-order valence-electron chi connectivity index (χ3n) is 9.13. The van der Waals surface area contributed by atoms with Gasteiger partial charge in [-0.15, -0.1) is 0 Å². The molecule has 2 aliphatic rings. The average Bonchev–Trinajstić information content (AvgIpc) is 3.64. The monoisotopic (exact) mass is 567 g/mol. The van der Waals surface area contributed by atoms with Crippen LogP contribution in [-0.4, -0.2) is 60.0 Å². The molecule has 8 heteroatoms. The number of carbonyl (C=O) groups is 1. The molecular formula is C32H49N3O4Si. The summed E-state index contributed by atoms with van der Waals surface area (Å²) in [6, 6.07) is 10.7. The Morgan fingerprint density at radius 2 is 1.77 bits per heavy atom. The van der Waals surface area contributed by atoms with Crippen molar-refractivity contribution in [3.05, 3.63) is 47.4 Å². The van der Waals surface area contributed by atoms with Crippen molar-refractivity contribution in [1.82, 2.24) is 14.9 Å². The number of ether oxygens (including phenoxy) is 1. The molecule has 7 nitrogen and oxygen atoms in total. The molecule has 0 bridgehead atoms. The number of rotatable bonds is 13. The molecule has 40 heavy (non-hydrogen) atoms. The summed E-state index contributed by atoms with van der Waals surface area (Å²) in [5.41, 5.74) is 1.36. The fraction of sp³-hybridized carbons (Fsp3) is 0.656. The van der Waals surface area contributed by atoms with Crippen molar-refractivity contribution in [2.75, 3.05) is 19.8 Å². The first kappa shape index (κ1) is 30.5. The topological polar surface area (TPSA) is 84.8 Å². The summed E-state index contributed by atoms with van der Waals surface area (Å²) < 4.78 is 12.4. The highest BCUT2D eigenvalue weighted by Crippen LogP contribution is 2.44. The van der Waals surface area contributed by atoms with Crippen molar-refractivity contribution in [2.45, 2.75) is 115 Å². The summed E-state index contributed by atoms with van der Waals surface area (Å²) in [4.78, 5) is 25.4. The number of hydrogen-bond acceptors (Lipinski definition) is 6. The van der Waals surface area contributed by atoms with Crippen molar-refractivity contribution in [1.29, 1.82) is 0 Å². The second-order valence-electron chi connectivity index (χ2n) is 13.2. The lowest BCUT2D eigenvalue weighted by molar-refractivity contribution is 0.0698. The Kier molecular flexibility index (Phi) is 9.61. The quantitative estimate of drug-likeness (QED) is 0.206. The van der Waals surface area contributed by atoms with Crippen LogP contribution >= 0.6 is 0 Å². The molecule has 1 aromatic carbocycles. The average molecular weight is 568 g/mol. The highest BCUT2D eigenvalue weighted by atomic mass is 28.4. The van der Waals surface area contributed by atoms with Gasteiger partial charge in [0, 0.05) is 24.4 Å². The number of hydrogen-bond donors (Lipinski definition) is 1. The first-order valence-electron chi connectivity index (χ1n) is 15.2. The minimum Gasteiger partial charge on any atom is -0.491 e. The van der Waals surface area contributed by atoms with Gasteiger partial charge in [0.15, 0.2) is 14.0 Å². The van der Waals surface area contributed by atoms with Crippen LogP contribution in [0.1, 0.15) is 101 Å². The van der Waals surface area contributed by atoms with Crippen LogP contribution in [0.3, 0.4) is 0 Å². The van der Waals surface area contributed by atoms with Crippen LogP contribution in [0, 0.1) is 0 Å². The lowest BCUT2D eigenvalue weighted by Crippen LogP contribution is -2.44. The van der Waals surface area contributed by atoms with Crippen molar-refractivity contribution in [2.24, 2.45) is 0 Å². The Morgan fingerprint density at radius 1 is 1.10 bits per heavy atom. The molecule has 0 spiro atoms. The Balaban J connectivity index is 1.63. The molecule has 2 aliphatic carbocycles. The van der Waals surface area contributed by atoms with Crippen molar-refractivity contribution >= 4 is 14.2 Å². The van der Waals surface area contributed by atoms with Crippen molar-refractivity contribution in [3.8, 4) is 11.6 Å². The summed E-state index contributed by atoms with van der Waals surface area (Å²) in [5.74, 6) is 0.173. The van der Waals surface area contributed by atoms with E-state index in [1.807, 2.05) is 11.0 Å². The van der Waals surface area contributed by atoms with Crippen LogP contribution in [-0.2, 0) is 16.3 Å². The van der Waals surface area contributed by atoms with Crippen LogP contribution in [0.5, 0.6) is 11.6 Å². The van der Waals surface area contributed by atoms with Gasteiger partial charge in [-0.2, -0.15) is 4.98 Å². The van der Waals surface area contributed by atoms with Gasteiger partial charge >= 0.3 is 0 Å². The molecule has 2 aromatic rings. The van der Waals surface area contributed by atoms with E-state index in [9.17, 15) is 9.90 Å². The minimum atomic E-state index is -1.94. The number of amides is 1. The molecule has 2 saturated carbocycles. The fourth-order valence-corrected chi connectivity index (χ4v) is 6.50. The normalized spacial score (nSPS) is 17.1. The molecule has 2 fully saturated rings. The zero-order valence-electron chi connectivity index (χ0n) is 25.5. The van der Waals surface area contributed by atoms with E-state index in [1.54, 1.807) is 0 Å². The number of benzene rings is 1. The molecule has 1 amide bonds. The Bertz CT molecular complexity index is 1140. The Morgan fingerprint density at radius 3 is 2.38 bits per heavy atom. The van der Waals surface area contributed by atoms with Gasteiger partial charge in [0.1, 0.15) is 5.82 Å². The number of aromatic hydroxyl groups is 1. The lowest BCUT2D eigenvalue weighted by Gasteiger charge is -2.37. The van der Waals surface area contributed by atoms with Gasteiger partial charge in [-0.3, -0.25) is 4.79 Å². The fourth-order valence-electron chi connectivity index (χ4n) is 5.46. The van der Waals surface area contributed by atoms with Gasteiger partial charge in [-0.05, 0) is 55.8 Å². The van der Waals surface area contributed by atoms with Gasteiger partial charge in [0.25, 0.3) is 11.8 Å². The van der Waals surface area contributed by atoms with Crippen molar-refractivity contribution < 1.29 is 19.1 Å². The predicted molar refractivity (Wildman–Crippen MR) is 162 cm³/mol. The molecule has 0 radical (unpaired) electrons. The summed E-state index contributed by atoms with van der Waals surface area (Å²) >= 11 is 0. The maximum absolute atomic E-state index is 14.1. The Hall–Kier alpha value is -2.45. The van der Waals surface area contributed by atoms with Crippen LogP contribution in [0.15, 0.2) is 30.3 Å². The highest BCUT2D eigenvalue weighted by molar-refractivity contribution is 6.74. The number of aromatic nitrogens is 2. The summed E-state index contributed by atoms with van der Waals surface area (Å²) in [5, 5.41) is 11.2. The molecule has 0 unspecified atom stereocenters. The van der Waals surface area contributed by atoms with E-state index in [-0.39, 0.29) is 39.7 Å². The summed E-state index contributed by atoms with van der Waals surface area (Å²) in [6.07, 6.45) is 8.66. The molecular weight excluding hydrogens is 518 g/mol. The Labute approximate surface area is 241 Å². The highest BCUT2D eigenvalue weighted by Gasteiger charge is 2.40. The van der Waals surface area contributed by atoms with E-state index in [0.29, 0.717) is 32.0 Å². The van der Waals surface area contributed by atoms with E-state index in [4.69, 9.17) is 14.1 Å². The molecule has 4 rings (SSSR count). The van der Waals surface area contributed by atoms with E-state index in [2.05, 4.69) is 70.0 Å². The van der Waals surface area contributed by atoms with Gasteiger partial charge in [-0.1, -0.05) is 77.3 Å². The van der Waals surface area contributed by atoms with Gasteiger partial charge in [-0.25, -0.2) is 4.98 Å². The van der Waals surface area contributed by atoms with E-state index < -0.39 is 8.32 Å². The number of unbranched alkanes of at least 4 members (excludes halogenated alkanes) is 1. The molecule has 1 aromatic heterocycles. The lowest BCUT2D eigenvalue weighted by atomic mass is 9.76. The van der Waals surface area contributed by atoms with E-state index in [1.165, 1.54) is 5.56 Å². The molecule has 0 atom stereocenters. The smallest absolute Gasteiger partial charge is 0.276 e. The number of nitrogens with zero attached hydrogens (tertiary/aromatic N) is 3. The SMILES string of the molecule is CCCCOc1c(O)nc(CC2(c3ccccc3)CCCC2)nc1C(=O)N(CCO[Si](C)(C)C(C)(C)C)C1CC1. The molecule has 1 heterocycles. The van der Waals surface area contributed by atoms with Crippen LogP contribution < -0.4 is 4.74 Å². The van der Waals surface area contributed by atoms with E-state index in [0.717, 1.165) is 51.4 Å². The maximum Gasteiger partial charge on any atom is 0.276 e. The summed E-state index contributed by atoms with van der Waals surface area (Å²) in [7, 11) is -1.94. The van der Waals surface area contributed by atoms with E-state index >= 15 is 0 Å². The largest absolute Gasteiger partial charge is 0.491 e. The third-order valence-corrected chi connectivity index (χ3v) is 13.7. The minimum absolute atomic E-state index is 0.0915. The standard InChI is InChI=1S/C32H49N3O4Si/c1-7-8-21-38-28-27(30(37)35(25-16-17-25)20-22-39-40(5,6)31(2,3)4)33-26(34-29(28)36)23-32(18-12-13-19-32)24-14-10-9-11-15-24/h9-11,14-15,25H,7-8,12-13,16-23H2,1-6H3,(H,33,34,36). The zero-order chi connectivity index (χ0) is 29.0. The molecule has 0 aliphatic heterocycles. The second kappa shape index (κ2) is 12.6. The number of carbonyl (C=O) groups excluding carboxylic acids is 1. The zero-order valence-corrected chi connectivity index (χ0v) is 26.5.